The normalized spacial score (nSPS) is 12.2. The molecule has 1 unspecified atom stereocenters. The van der Waals surface area contributed by atoms with Crippen LogP contribution in [0.15, 0.2) is 78.9 Å². The number of nitrogens with one attached hydrogen (secondary N) is 1. The Balaban J connectivity index is 1.56. The second-order valence-electron chi connectivity index (χ2n) is 10.0. The van der Waals surface area contributed by atoms with Crippen molar-refractivity contribution in [3.63, 3.8) is 0 Å². The van der Waals surface area contributed by atoms with Crippen LogP contribution in [0.4, 0.5) is 4.79 Å². The number of hydrogen-bond acceptors (Lipinski definition) is 5. The largest absolute Gasteiger partial charge is 0.489 e. The van der Waals surface area contributed by atoms with Gasteiger partial charge in [-0.2, -0.15) is 0 Å². The smallest absolute Gasteiger partial charge is 0.407 e. The number of carbonyl (C=O) groups is 2. The first-order chi connectivity index (χ1) is 18.2. The molecular weight excluding hydrogens is 498 g/mol. The fraction of sp³-hybridized carbons (Fsp3) is 0.300. The van der Waals surface area contributed by atoms with E-state index in [-0.39, 0.29) is 31.3 Å². The number of hydrogen-bond donors (Lipinski definition) is 2. The van der Waals surface area contributed by atoms with E-state index in [1.807, 2.05) is 99.6 Å². The van der Waals surface area contributed by atoms with E-state index < -0.39 is 11.6 Å². The van der Waals surface area contributed by atoms with E-state index in [4.69, 9.17) is 9.72 Å². The van der Waals surface area contributed by atoms with Crippen molar-refractivity contribution in [2.45, 2.75) is 45.3 Å². The Morgan fingerprint density at radius 2 is 1.68 bits per heavy atom. The lowest BCUT2D eigenvalue weighted by atomic mass is 9.94. The minimum Gasteiger partial charge on any atom is -0.489 e. The third-order valence-corrected chi connectivity index (χ3v) is 7.38. The summed E-state index contributed by atoms with van der Waals surface area (Å²) in [6.07, 6.45) is -0.850. The molecule has 0 saturated carbocycles. The summed E-state index contributed by atoms with van der Waals surface area (Å²) in [7, 11) is 0. The van der Waals surface area contributed by atoms with Crippen molar-refractivity contribution in [3.8, 4) is 5.75 Å². The molecule has 0 radical (unpaired) electrons. The minimum absolute atomic E-state index is 0.161. The zero-order valence-corrected chi connectivity index (χ0v) is 22.7. The number of fused-ring (bicyclic) bond motifs is 1. The predicted molar refractivity (Wildman–Crippen MR) is 151 cm³/mol. The molecule has 4 rings (SSSR count). The Kier molecular flexibility index (Phi) is 8.63. The molecule has 2 N–H and O–H groups in total. The van der Waals surface area contributed by atoms with Gasteiger partial charge in [0, 0.05) is 36.5 Å². The molecule has 7 nitrogen and oxygen atoms in total. The molecule has 0 bridgehead atoms. The Labute approximate surface area is 227 Å². The number of nitrogens with zero attached hydrogens (tertiary/aromatic N) is 2. The maximum absolute atomic E-state index is 13.2. The van der Waals surface area contributed by atoms with E-state index >= 15 is 0 Å². The Bertz CT molecular complexity index is 1350. The number of amides is 2. The van der Waals surface area contributed by atoms with Gasteiger partial charge < -0.3 is 20.1 Å². The number of aromatic nitrogens is 1. The average molecular weight is 532 g/mol. The van der Waals surface area contributed by atoms with Gasteiger partial charge in [-0.15, -0.1) is 11.3 Å². The summed E-state index contributed by atoms with van der Waals surface area (Å²) >= 11 is 1.57. The van der Waals surface area contributed by atoms with Gasteiger partial charge in [0.2, 0.25) is 5.91 Å². The quantitative estimate of drug-likeness (QED) is 0.251. The molecule has 1 aromatic heterocycles. The molecule has 2 amide bonds. The molecule has 38 heavy (non-hydrogen) atoms. The van der Waals surface area contributed by atoms with Gasteiger partial charge in [0.25, 0.3) is 0 Å². The van der Waals surface area contributed by atoms with Crippen LogP contribution in [0, 0.1) is 0 Å². The van der Waals surface area contributed by atoms with E-state index in [1.165, 1.54) is 4.90 Å². The summed E-state index contributed by atoms with van der Waals surface area (Å²) in [5.74, 6) is 0.210. The second-order valence-corrected chi connectivity index (χ2v) is 11.1. The molecule has 0 saturated heterocycles. The Morgan fingerprint density at radius 1 is 1.00 bits per heavy atom. The van der Waals surface area contributed by atoms with Crippen LogP contribution in [0.1, 0.15) is 49.2 Å². The van der Waals surface area contributed by atoms with Crippen molar-refractivity contribution in [1.82, 2.24) is 15.2 Å². The van der Waals surface area contributed by atoms with Gasteiger partial charge in [-0.25, -0.2) is 9.78 Å². The third kappa shape index (κ3) is 6.89. The molecule has 1 atom stereocenters. The van der Waals surface area contributed by atoms with Crippen LogP contribution in [0.5, 0.6) is 5.75 Å². The molecule has 8 heteroatoms. The van der Waals surface area contributed by atoms with Crippen molar-refractivity contribution in [2.75, 3.05) is 13.1 Å². The van der Waals surface area contributed by atoms with E-state index in [2.05, 4.69) is 5.32 Å². The first-order valence-corrected chi connectivity index (χ1v) is 13.4. The first-order valence-electron chi connectivity index (χ1n) is 12.6. The van der Waals surface area contributed by atoms with Crippen LogP contribution >= 0.6 is 11.3 Å². The highest BCUT2D eigenvalue weighted by atomic mass is 32.1. The lowest BCUT2D eigenvalue weighted by Gasteiger charge is -2.33. The maximum Gasteiger partial charge on any atom is 0.407 e. The molecule has 198 valence electrons. The van der Waals surface area contributed by atoms with Crippen LogP contribution in [-0.2, 0) is 11.4 Å². The van der Waals surface area contributed by atoms with Crippen molar-refractivity contribution >= 4 is 33.6 Å². The number of carboxylic acid groups (broad SMARTS) is 1. The molecule has 4 aromatic rings. The molecule has 0 fully saturated rings. The van der Waals surface area contributed by atoms with Gasteiger partial charge in [-0.1, -0.05) is 60.7 Å². The van der Waals surface area contributed by atoms with Crippen LogP contribution in [0.25, 0.3) is 10.2 Å². The topological polar surface area (TPSA) is 91.8 Å². The molecule has 0 aliphatic rings. The Morgan fingerprint density at radius 3 is 2.39 bits per heavy atom. The van der Waals surface area contributed by atoms with Gasteiger partial charge in [0.05, 0.1) is 10.2 Å². The molecule has 0 aliphatic heterocycles. The summed E-state index contributed by atoms with van der Waals surface area (Å²) in [4.78, 5) is 31.0. The second kappa shape index (κ2) is 12.1. The molecule has 1 heterocycles. The zero-order chi connectivity index (χ0) is 27.1. The molecule has 0 spiro atoms. The van der Waals surface area contributed by atoms with Crippen LogP contribution in [0.2, 0.25) is 0 Å². The maximum atomic E-state index is 13.2. The van der Waals surface area contributed by atoms with E-state index in [0.717, 1.165) is 26.4 Å². The molecular formula is C30H33N3O4S. The lowest BCUT2D eigenvalue weighted by molar-refractivity contribution is -0.121. The van der Waals surface area contributed by atoms with Crippen molar-refractivity contribution < 1.29 is 19.4 Å². The fourth-order valence-electron chi connectivity index (χ4n) is 4.29. The van der Waals surface area contributed by atoms with Crippen LogP contribution in [-0.4, -0.2) is 45.6 Å². The average Bonchev–Trinajstić information content (AvgIpc) is 3.32. The summed E-state index contributed by atoms with van der Waals surface area (Å²) in [6.45, 7) is 6.33. The molecule has 0 aliphatic carbocycles. The highest BCUT2D eigenvalue weighted by molar-refractivity contribution is 7.18. The summed E-state index contributed by atoms with van der Waals surface area (Å²) in [6, 6.07) is 25.6. The van der Waals surface area contributed by atoms with E-state index in [9.17, 15) is 14.7 Å². The van der Waals surface area contributed by atoms with Gasteiger partial charge in [-0.3, -0.25) is 4.79 Å². The summed E-state index contributed by atoms with van der Waals surface area (Å²) in [5, 5.41) is 13.3. The lowest BCUT2D eigenvalue weighted by Crippen LogP contribution is -2.48. The summed E-state index contributed by atoms with van der Waals surface area (Å²) < 4.78 is 7.28. The number of carbonyl (C=O) groups excluding carboxylic acids is 1. The number of para-hydroxylation sites is 2. The zero-order valence-electron chi connectivity index (χ0n) is 21.9. The molecule has 3 aromatic carbocycles. The number of rotatable bonds is 10. The number of ether oxygens (including phenoxy) is 1. The fourth-order valence-corrected chi connectivity index (χ4v) is 5.37. The van der Waals surface area contributed by atoms with Crippen LogP contribution in [0.3, 0.4) is 0 Å². The monoisotopic (exact) mass is 531 g/mol. The predicted octanol–water partition coefficient (Wildman–Crippen LogP) is 6.29. The number of thiazole rings is 1. The van der Waals surface area contributed by atoms with Gasteiger partial charge in [0.15, 0.2) is 0 Å². The summed E-state index contributed by atoms with van der Waals surface area (Å²) in [5.41, 5.74) is 2.27. The standard InChI is InChI=1S/C30H33N3O4S/c1-30(2,3)33(29(35)36)18-17-31-27(34)19-23(28-32-24-14-8-10-16-26(24)38-28)22-13-7-9-15-25(22)37-20-21-11-5-4-6-12-21/h4-16,23H,17-20H2,1-3H3,(H,31,34)(H,35,36). The highest BCUT2D eigenvalue weighted by Crippen LogP contribution is 2.38. The van der Waals surface area contributed by atoms with Crippen molar-refractivity contribution in [2.24, 2.45) is 0 Å². The van der Waals surface area contributed by atoms with Gasteiger partial charge >= 0.3 is 6.09 Å². The van der Waals surface area contributed by atoms with E-state index in [0.29, 0.717) is 12.4 Å². The van der Waals surface area contributed by atoms with Crippen molar-refractivity contribution in [3.05, 3.63) is 95.0 Å². The number of benzene rings is 3. The van der Waals surface area contributed by atoms with Gasteiger partial charge in [-0.05, 0) is 44.5 Å². The SMILES string of the molecule is CC(C)(C)N(CCNC(=O)CC(c1nc2ccccc2s1)c1ccccc1OCc1ccccc1)C(=O)O. The Hall–Kier alpha value is -3.91. The highest BCUT2D eigenvalue weighted by Gasteiger charge is 2.27. The van der Waals surface area contributed by atoms with Crippen molar-refractivity contribution in [1.29, 1.82) is 0 Å². The van der Waals surface area contributed by atoms with Crippen LogP contribution < -0.4 is 10.1 Å². The van der Waals surface area contributed by atoms with Gasteiger partial charge in [0.1, 0.15) is 17.4 Å². The van der Waals surface area contributed by atoms with E-state index in [1.54, 1.807) is 11.3 Å². The first kappa shape index (κ1) is 27.1. The minimum atomic E-state index is -1.01. The third-order valence-electron chi connectivity index (χ3n) is 6.23.